The maximum absolute atomic E-state index is 14.2. The van der Waals surface area contributed by atoms with Crippen molar-refractivity contribution in [2.75, 3.05) is 46.8 Å². The second-order valence-electron chi connectivity index (χ2n) is 10.8. The Labute approximate surface area is 237 Å². The van der Waals surface area contributed by atoms with Gasteiger partial charge in [-0.1, -0.05) is 45.4 Å². The Bertz CT molecular complexity index is 1080. The van der Waals surface area contributed by atoms with Crippen LogP contribution in [0.15, 0.2) is 24.0 Å². The molecule has 0 amide bonds. The molecule has 1 aromatic carbocycles. The number of rotatable bonds is 12. The molecule has 0 unspecified atom stereocenters. The first-order valence-corrected chi connectivity index (χ1v) is 15.2. The minimum Gasteiger partial charge on any atom is -0.497 e. The van der Waals surface area contributed by atoms with Gasteiger partial charge in [-0.2, -0.15) is 0 Å². The summed E-state index contributed by atoms with van der Waals surface area (Å²) in [5.74, 6) is 2.28. The summed E-state index contributed by atoms with van der Waals surface area (Å²) in [5.41, 5.74) is 1.24. The molecule has 0 aromatic heterocycles. The lowest BCUT2D eigenvalue weighted by Crippen LogP contribution is -2.54. The smallest absolute Gasteiger partial charge is 0.327 e. The van der Waals surface area contributed by atoms with Crippen molar-refractivity contribution in [1.29, 1.82) is 0 Å². The van der Waals surface area contributed by atoms with Crippen LogP contribution < -0.4 is 9.47 Å². The maximum Gasteiger partial charge on any atom is 0.327 e. The topological polar surface area (TPSA) is 77.5 Å². The average molecular weight is 561 g/mol. The highest BCUT2D eigenvalue weighted by molar-refractivity contribution is 8.13. The summed E-state index contributed by atoms with van der Waals surface area (Å²) in [4.78, 5) is 31.4. The molecule has 216 valence electrons. The quantitative estimate of drug-likeness (QED) is 0.337. The van der Waals surface area contributed by atoms with Crippen LogP contribution in [0.5, 0.6) is 11.5 Å². The van der Waals surface area contributed by atoms with Gasteiger partial charge in [0.1, 0.15) is 11.3 Å². The second kappa shape index (κ2) is 13.0. The Balaban J connectivity index is 1.74. The molecule has 3 aliphatic rings. The van der Waals surface area contributed by atoms with Gasteiger partial charge in [0.25, 0.3) is 0 Å². The van der Waals surface area contributed by atoms with E-state index in [0.717, 1.165) is 55.8 Å². The number of benzene rings is 1. The number of carbonyl (C=O) groups excluding carboxylic acids is 2. The Hall–Kier alpha value is -2.23. The van der Waals surface area contributed by atoms with E-state index in [1.807, 2.05) is 32.8 Å². The molecule has 4 rings (SSSR count). The molecule has 1 aliphatic carbocycles. The Morgan fingerprint density at radius 3 is 2.54 bits per heavy atom. The van der Waals surface area contributed by atoms with E-state index in [1.165, 1.54) is 17.3 Å². The van der Waals surface area contributed by atoms with Crippen molar-refractivity contribution in [3.05, 3.63) is 35.1 Å². The van der Waals surface area contributed by atoms with Crippen molar-refractivity contribution < 1.29 is 28.5 Å². The summed E-state index contributed by atoms with van der Waals surface area (Å²) in [7, 11) is 5.36. The van der Waals surface area contributed by atoms with Crippen LogP contribution >= 0.6 is 11.8 Å². The van der Waals surface area contributed by atoms with E-state index in [0.29, 0.717) is 17.9 Å². The lowest BCUT2D eigenvalue weighted by atomic mass is 9.86. The van der Waals surface area contributed by atoms with E-state index in [9.17, 15) is 9.59 Å². The first-order chi connectivity index (χ1) is 18.8. The van der Waals surface area contributed by atoms with Gasteiger partial charge in [-0.05, 0) is 75.0 Å². The van der Waals surface area contributed by atoms with Gasteiger partial charge in [-0.25, -0.2) is 0 Å². The van der Waals surface area contributed by atoms with Gasteiger partial charge in [0.15, 0.2) is 22.7 Å². The van der Waals surface area contributed by atoms with Gasteiger partial charge in [0.2, 0.25) is 6.79 Å². The number of unbranched alkanes of at least 4 members (excludes halogenated alkanes) is 1. The fourth-order valence-electron chi connectivity index (χ4n) is 6.20. The van der Waals surface area contributed by atoms with E-state index >= 15 is 0 Å². The van der Waals surface area contributed by atoms with Crippen LogP contribution in [0.25, 0.3) is 0 Å². The van der Waals surface area contributed by atoms with Crippen molar-refractivity contribution in [3.63, 3.8) is 0 Å². The highest BCUT2D eigenvalue weighted by Crippen LogP contribution is 2.47. The Kier molecular flexibility index (Phi) is 9.88. The first kappa shape index (κ1) is 29.7. The largest absolute Gasteiger partial charge is 0.497 e. The summed E-state index contributed by atoms with van der Waals surface area (Å²) in [5, 5.41) is 0.00155. The van der Waals surface area contributed by atoms with E-state index < -0.39 is 11.6 Å². The third-order valence-corrected chi connectivity index (χ3v) is 9.06. The number of thioether (sulfide) groups is 1. The predicted octanol–water partition coefficient (Wildman–Crippen LogP) is 4.75. The molecule has 0 bridgehead atoms. The van der Waals surface area contributed by atoms with Crippen molar-refractivity contribution >= 4 is 22.8 Å². The van der Waals surface area contributed by atoms with E-state index in [2.05, 4.69) is 30.0 Å². The molecule has 4 atom stereocenters. The number of fused-ring (bicyclic) bond motifs is 4. The molecule has 9 heteroatoms. The Morgan fingerprint density at radius 2 is 1.90 bits per heavy atom. The highest BCUT2D eigenvalue weighted by atomic mass is 32.2. The number of ether oxygens (including phenoxy) is 4. The van der Waals surface area contributed by atoms with E-state index in [1.54, 1.807) is 7.11 Å². The first-order valence-electron chi connectivity index (χ1n) is 14.3. The SMILES string of the molecule is CCCCN1CCc2cc3c(cc2[C@@H]2[C@H](OC(=O)[C@@](CCC)(CC(=O)SCC)N(C)C)C(OC)=C[C@@H]21)OCO3. The summed E-state index contributed by atoms with van der Waals surface area (Å²) >= 11 is 1.26. The summed E-state index contributed by atoms with van der Waals surface area (Å²) < 4.78 is 23.8. The van der Waals surface area contributed by atoms with E-state index in [-0.39, 0.29) is 36.3 Å². The zero-order valence-corrected chi connectivity index (χ0v) is 25.1. The van der Waals surface area contributed by atoms with Crippen LogP contribution in [0.2, 0.25) is 0 Å². The Morgan fingerprint density at radius 1 is 1.15 bits per heavy atom. The van der Waals surface area contributed by atoms with E-state index in [4.69, 9.17) is 18.9 Å². The predicted molar refractivity (Wildman–Crippen MR) is 153 cm³/mol. The standard InChI is InChI=1S/C30H44N2O6S/c1-7-10-13-32-14-11-20-15-23-24(37-19-36-23)16-21(20)27-22(32)17-25(35-6)28(27)38-29(34)30(12-8-2,31(4)5)18-26(33)39-9-3/h15-17,22,27-28H,7-14,18-19H2,1-6H3/t22-,27-,28+,30+/m0/s1. The van der Waals surface area contributed by atoms with Gasteiger partial charge in [0, 0.05) is 24.9 Å². The molecule has 0 spiro atoms. The molecule has 1 aromatic rings. The second-order valence-corrected chi connectivity index (χ2v) is 12.1. The summed E-state index contributed by atoms with van der Waals surface area (Å²) in [6, 6.07) is 4.17. The monoisotopic (exact) mass is 560 g/mol. The van der Waals surface area contributed by atoms with Gasteiger partial charge < -0.3 is 18.9 Å². The van der Waals surface area contributed by atoms with Gasteiger partial charge in [-0.3, -0.25) is 19.4 Å². The highest BCUT2D eigenvalue weighted by Gasteiger charge is 2.50. The molecule has 0 fully saturated rings. The van der Waals surface area contributed by atoms with Crippen LogP contribution in [0, 0.1) is 0 Å². The lowest BCUT2D eigenvalue weighted by molar-refractivity contribution is -0.165. The third-order valence-electron chi connectivity index (χ3n) is 8.30. The molecule has 0 radical (unpaired) electrons. The number of esters is 1. The minimum atomic E-state index is -1.05. The van der Waals surface area contributed by atoms with Crippen molar-refractivity contribution in [3.8, 4) is 11.5 Å². The number of hydrogen-bond acceptors (Lipinski definition) is 9. The average Bonchev–Trinajstić information content (AvgIpc) is 3.47. The lowest BCUT2D eigenvalue weighted by Gasteiger charge is -2.39. The molecular weight excluding hydrogens is 516 g/mol. The number of carbonyl (C=O) groups is 2. The maximum atomic E-state index is 14.2. The summed E-state index contributed by atoms with van der Waals surface area (Å²) in [6.07, 6.45) is 5.96. The zero-order chi connectivity index (χ0) is 28.2. The van der Waals surface area contributed by atoms with Crippen LogP contribution in [-0.4, -0.2) is 85.4 Å². The fraction of sp³-hybridized carbons (Fsp3) is 0.667. The number of nitrogens with zero attached hydrogens (tertiary/aromatic N) is 2. The van der Waals surface area contributed by atoms with Gasteiger partial charge >= 0.3 is 5.97 Å². The molecule has 2 heterocycles. The normalized spacial score (nSPS) is 23.5. The molecular formula is C30H44N2O6S. The fourth-order valence-corrected chi connectivity index (χ4v) is 6.86. The number of hydrogen-bond donors (Lipinski definition) is 0. The van der Waals surface area contributed by atoms with Crippen molar-refractivity contribution in [1.82, 2.24) is 9.80 Å². The summed E-state index contributed by atoms with van der Waals surface area (Å²) in [6.45, 7) is 8.23. The van der Waals surface area contributed by atoms with Crippen LogP contribution in [0.1, 0.15) is 69.9 Å². The van der Waals surface area contributed by atoms with Crippen LogP contribution in [0.3, 0.4) is 0 Å². The van der Waals surface area contributed by atoms with Gasteiger partial charge in [0.05, 0.1) is 7.11 Å². The number of methoxy groups -OCH3 is 1. The zero-order valence-electron chi connectivity index (χ0n) is 24.3. The molecule has 0 saturated carbocycles. The molecule has 39 heavy (non-hydrogen) atoms. The number of likely N-dealkylation sites (N-methyl/N-ethyl adjacent to an activating group) is 1. The van der Waals surface area contributed by atoms with Crippen molar-refractivity contribution in [2.24, 2.45) is 0 Å². The molecule has 0 saturated heterocycles. The van der Waals surface area contributed by atoms with Gasteiger partial charge in [-0.15, -0.1) is 0 Å². The van der Waals surface area contributed by atoms with Crippen LogP contribution in [0.4, 0.5) is 0 Å². The van der Waals surface area contributed by atoms with Crippen molar-refractivity contribution in [2.45, 2.75) is 82.9 Å². The molecule has 8 nitrogen and oxygen atoms in total. The third kappa shape index (κ3) is 5.95. The molecule has 0 N–H and O–H groups in total. The molecule has 2 aliphatic heterocycles. The van der Waals surface area contributed by atoms with Crippen LogP contribution in [-0.2, 0) is 25.5 Å². The minimum absolute atomic E-state index is 0.00155.